The zero-order valence-electron chi connectivity index (χ0n) is 13.3. The minimum Gasteiger partial charge on any atom is -0.337 e. The van der Waals surface area contributed by atoms with Crippen molar-refractivity contribution < 1.29 is 14.1 Å². The van der Waals surface area contributed by atoms with Crippen molar-refractivity contribution in [2.75, 3.05) is 7.05 Å². The molecule has 0 bridgehead atoms. The smallest absolute Gasteiger partial charge is 0.262 e. The highest BCUT2D eigenvalue weighted by Crippen LogP contribution is 2.25. The summed E-state index contributed by atoms with van der Waals surface area (Å²) in [5, 5.41) is 6.97. The van der Waals surface area contributed by atoms with Gasteiger partial charge in [-0.05, 0) is 33.0 Å². The van der Waals surface area contributed by atoms with Crippen molar-refractivity contribution in [2.45, 2.75) is 32.9 Å². The molecule has 1 aromatic carbocycles. The van der Waals surface area contributed by atoms with Gasteiger partial charge in [0, 0.05) is 12.5 Å². The van der Waals surface area contributed by atoms with Crippen LogP contribution in [0, 0.1) is 6.92 Å². The molecule has 1 atom stereocenters. The molecule has 7 nitrogen and oxygen atoms in total. The van der Waals surface area contributed by atoms with Crippen molar-refractivity contribution >= 4 is 11.8 Å². The lowest BCUT2D eigenvalue weighted by Gasteiger charge is -2.10. The Kier molecular flexibility index (Phi) is 3.96. The molecule has 2 amide bonds. The number of carbonyl (C=O) groups is 2. The van der Waals surface area contributed by atoms with Crippen molar-refractivity contribution in [3.63, 3.8) is 0 Å². The Morgan fingerprint density at radius 3 is 2.74 bits per heavy atom. The summed E-state index contributed by atoms with van der Waals surface area (Å²) in [7, 11) is 1.85. The van der Waals surface area contributed by atoms with Crippen LogP contribution in [-0.2, 0) is 13.0 Å². The van der Waals surface area contributed by atoms with Crippen molar-refractivity contribution in [1.82, 2.24) is 20.4 Å². The second kappa shape index (κ2) is 5.92. The minimum absolute atomic E-state index is 0.00761. The average Bonchev–Trinajstić information content (AvgIpc) is 3.06. The fourth-order valence-corrected chi connectivity index (χ4v) is 2.50. The maximum Gasteiger partial charge on any atom is 0.262 e. The summed E-state index contributed by atoms with van der Waals surface area (Å²) >= 11 is 0. The standard InChI is InChI=1S/C16H18N4O3/c1-9-4-5-11-12(6-9)16(22)20(15(11)21)8-14-18-13(19-23-14)7-10(2)17-3/h4-6,10,17H,7-8H2,1-3H3. The molecular weight excluding hydrogens is 296 g/mol. The maximum absolute atomic E-state index is 12.4. The highest BCUT2D eigenvalue weighted by Gasteiger charge is 2.36. The molecule has 0 spiro atoms. The SMILES string of the molecule is CNC(C)Cc1noc(CN2C(=O)c3ccc(C)cc3C2=O)n1. The quantitative estimate of drug-likeness (QED) is 0.838. The van der Waals surface area contributed by atoms with Crippen LogP contribution in [0.4, 0.5) is 0 Å². The number of carbonyl (C=O) groups excluding carboxylic acids is 2. The molecule has 0 radical (unpaired) electrons. The summed E-state index contributed by atoms with van der Waals surface area (Å²) < 4.78 is 5.16. The van der Waals surface area contributed by atoms with Gasteiger partial charge in [-0.15, -0.1) is 0 Å². The number of nitrogens with zero attached hydrogens (tertiary/aromatic N) is 3. The van der Waals surface area contributed by atoms with E-state index in [0.717, 1.165) is 10.5 Å². The van der Waals surface area contributed by atoms with Crippen LogP contribution in [0.3, 0.4) is 0 Å². The minimum atomic E-state index is -0.326. The molecule has 1 N–H and O–H groups in total. The fraction of sp³-hybridized carbons (Fsp3) is 0.375. The summed E-state index contributed by atoms with van der Waals surface area (Å²) in [6, 6.07) is 5.43. The van der Waals surface area contributed by atoms with Gasteiger partial charge in [0.2, 0.25) is 5.89 Å². The Morgan fingerprint density at radius 2 is 2.00 bits per heavy atom. The van der Waals surface area contributed by atoms with E-state index in [1.807, 2.05) is 27.0 Å². The van der Waals surface area contributed by atoms with Crippen LogP contribution < -0.4 is 5.32 Å². The predicted octanol–water partition coefficient (Wildman–Crippen LogP) is 1.32. The zero-order valence-corrected chi connectivity index (χ0v) is 13.3. The van der Waals surface area contributed by atoms with E-state index < -0.39 is 0 Å². The van der Waals surface area contributed by atoms with Gasteiger partial charge in [0.25, 0.3) is 11.8 Å². The number of hydrogen-bond donors (Lipinski definition) is 1. The van der Waals surface area contributed by atoms with Crippen LogP contribution >= 0.6 is 0 Å². The first-order valence-electron chi connectivity index (χ1n) is 7.45. The van der Waals surface area contributed by atoms with Crippen molar-refractivity contribution in [2.24, 2.45) is 0 Å². The van der Waals surface area contributed by atoms with Crippen molar-refractivity contribution in [1.29, 1.82) is 0 Å². The van der Waals surface area contributed by atoms with Gasteiger partial charge in [0.05, 0.1) is 11.1 Å². The maximum atomic E-state index is 12.4. The Labute approximate surface area is 133 Å². The number of imide groups is 1. The Balaban J connectivity index is 1.77. The number of hydrogen-bond acceptors (Lipinski definition) is 6. The lowest BCUT2D eigenvalue weighted by atomic mass is 10.1. The molecule has 2 heterocycles. The molecule has 0 saturated carbocycles. The molecule has 1 aliphatic rings. The average molecular weight is 314 g/mol. The second-order valence-corrected chi connectivity index (χ2v) is 5.74. The number of amides is 2. The molecule has 120 valence electrons. The third-order valence-corrected chi connectivity index (χ3v) is 3.91. The van der Waals surface area contributed by atoms with Crippen LogP contribution in [0.1, 0.15) is 44.9 Å². The predicted molar refractivity (Wildman–Crippen MR) is 81.9 cm³/mol. The Morgan fingerprint density at radius 1 is 1.26 bits per heavy atom. The highest BCUT2D eigenvalue weighted by molar-refractivity contribution is 6.21. The van der Waals surface area contributed by atoms with Crippen LogP contribution in [0.2, 0.25) is 0 Å². The first kappa shape index (κ1) is 15.4. The molecule has 0 aliphatic carbocycles. The molecule has 1 unspecified atom stereocenters. The van der Waals surface area contributed by atoms with Crippen molar-refractivity contribution in [3.8, 4) is 0 Å². The number of nitrogens with one attached hydrogen (secondary N) is 1. The summed E-state index contributed by atoms with van der Waals surface area (Å²) in [5.74, 6) is 0.161. The first-order chi connectivity index (χ1) is 11.0. The van der Waals surface area contributed by atoms with Gasteiger partial charge in [0.15, 0.2) is 5.82 Å². The largest absolute Gasteiger partial charge is 0.337 e. The molecule has 0 saturated heterocycles. The lowest BCUT2D eigenvalue weighted by Crippen LogP contribution is -2.29. The zero-order chi connectivity index (χ0) is 16.6. The van der Waals surface area contributed by atoms with Gasteiger partial charge in [-0.1, -0.05) is 16.8 Å². The molecule has 1 aromatic heterocycles. The van der Waals surface area contributed by atoms with Gasteiger partial charge >= 0.3 is 0 Å². The highest BCUT2D eigenvalue weighted by atomic mass is 16.5. The van der Waals surface area contributed by atoms with Crippen LogP contribution in [0.5, 0.6) is 0 Å². The van der Waals surface area contributed by atoms with Crippen LogP contribution in [0.15, 0.2) is 22.7 Å². The van der Waals surface area contributed by atoms with Crippen LogP contribution in [0.25, 0.3) is 0 Å². The number of aromatic nitrogens is 2. The van der Waals surface area contributed by atoms with Gasteiger partial charge in [-0.25, -0.2) is 0 Å². The number of aryl methyl sites for hydroxylation is 1. The Hall–Kier alpha value is -2.54. The van der Waals surface area contributed by atoms with E-state index in [-0.39, 0.29) is 30.3 Å². The number of likely N-dealkylation sites (N-methyl/N-ethyl adjacent to an activating group) is 1. The summed E-state index contributed by atoms with van der Waals surface area (Å²) in [6.07, 6.45) is 0.612. The van der Waals surface area contributed by atoms with Gasteiger partial charge in [0.1, 0.15) is 6.54 Å². The fourth-order valence-electron chi connectivity index (χ4n) is 2.50. The van der Waals surface area contributed by atoms with Gasteiger partial charge in [-0.2, -0.15) is 4.98 Å². The van der Waals surface area contributed by atoms with Gasteiger partial charge < -0.3 is 9.84 Å². The van der Waals surface area contributed by atoms with Crippen molar-refractivity contribution in [3.05, 3.63) is 46.6 Å². The summed E-state index contributed by atoms with van der Waals surface area (Å²) in [5.41, 5.74) is 1.79. The molecule has 1 aliphatic heterocycles. The second-order valence-electron chi connectivity index (χ2n) is 5.74. The van der Waals surface area contributed by atoms with Gasteiger partial charge in [-0.3, -0.25) is 14.5 Å². The monoisotopic (exact) mass is 314 g/mol. The summed E-state index contributed by atoms with van der Waals surface area (Å²) in [6.45, 7) is 3.88. The molecule has 0 fully saturated rings. The number of benzene rings is 1. The van der Waals surface area contributed by atoms with E-state index in [4.69, 9.17) is 4.52 Å². The number of fused-ring (bicyclic) bond motifs is 1. The molecule has 23 heavy (non-hydrogen) atoms. The van der Waals surface area contributed by atoms with E-state index in [1.165, 1.54) is 0 Å². The van der Waals surface area contributed by atoms with E-state index in [9.17, 15) is 9.59 Å². The van der Waals surface area contributed by atoms with E-state index in [1.54, 1.807) is 12.1 Å². The van der Waals surface area contributed by atoms with E-state index in [2.05, 4.69) is 15.5 Å². The summed E-state index contributed by atoms with van der Waals surface area (Å²) in [4.78, 5) is 30.1. The third-order valence-electron chi connectivity index (χ3n) is 3.91. The van der Waals surface area contributed by atoms with Crippen LogP contribution in [-0.4, -0.2) is 39.9 Å². The van der Waals surface area contributed by atoms with E-state index >= 15 is 0 Å². The molecule has 3 rings (SSSR count). The van der Waals surface area contributed by atoms with E-state index in [0.29, 0.717) is 23.4 Å². The normalized spacial score (nSPS) is 15.2. The third kappa shape index (κ3) is 2.87. The molecule has 7 heteroatoms. The molecular formula is C16H18N4O3. The topological polar surface area (TPSA) is 88.3 Å². The molecule has 2 aromatic rings. The first-order valence-corrected chi connectivity index (χ1v) is 7.45. The lowest BCUT2D eigenvalue weighted by molar-refractivity contribution is 0.0625. The Bertz CT molecular complexity index is 768. The number of rotatable bonds is 5.